The van der Waals surface area contributed by atoms with Crippen molar-refractivity contribution in [3.63, 3.8) is 0 Å². The highest BCUT2D eigenvalue weighted by Gasteiger charge is 1.13. The van der Waals surface area contributed by atoms with Gasteiger partial charge in [-0.2, -0.15) is 9.59 Å². The Morgan fingerprint density at radius 2 is 1.25 bits per heavy atom. The van der Waals surface area contributed by atoms with Gasteiger partial charge >= 0.3 is 6.15 Å². The van der Waals surface area contributed by atoms with Crippen LogP contribution >= 0.6 is 0 Å². The van der Waals surface area contributed by atoms with Crippen LogP contribution in [0.3, 0.4) is 0 Å². The molecule has 0 amide bonds. The van der Waals surface area contributed by atoms with E-state index in [1.807, 2.05) is 0 Å². The van der Waals surface area contributed by atoms with Gasteiger partial charge in [-0.25, -0.2) is 0 Å². The summed E-state index contributed by atoms with van der Waals surface area (Å²) in [6.45, 7) is 0. The molecule has 0 N–H and O–H groups in total. The summed E-state index contributed by atoms with van der Waals surface area (Å²) in [7, 11) is 0. The average Bonchev–Trinajstić information content (AvgIpc) is 0.918. The summed E-state index contributed by atoms with van der Waals surface area (Å²) in [6, 6.07) is 0. The van der Waals surface area contributed by atoms with Crippen molar-refractivity contribution in [2.24, 2.45) is 0 Å². The predicted octanol–water partition coefficient (Wildman–Crippen LogP) is -2.04. The Bertz CT molecular complexity index is 27.0. The average molecular weight is 76.1 g/mol. The molecule has 2 nitrogen and oxygen atoms in total. The fourth-order valence-electron chi connectivity index (χ4n) is 0. The van der Waals surface area contributed by atoms with Gasteiger partial charge in [-0.15, -0.1) is 0 Å². The molecule has 0 rings (SSSR count). The van der Waals surface area contributed by atoms with Crippen LogP contribution in [0.1, 0.15) is 0 Å². The first kappa shape index (κ1) is 9.51. The molecule has 0 aromatic carbocycles. The minimum atomic E-state index is 0. The molecule has 0 fully saturated rings. The normalized spacial score (nSPS) is 2.00. The molecule has 0 unspecified atom stereocenters. The lowest BCUT2D eigenvalue weighted by molar-refractivity contribution is -0.191. The van der Waals surface area contributed by atoms with Crippen LogP contribution in [0, 0.1) is 0 Å². The maximum atomic E-state index is 8.12. The van der Waals surface area contributed by atoms with Crippen molar-refractivity contribution in [1.82, 2.24) is 0 Å². The van der Waals surface area contributed by atoms with Gasteiger partial charge in [0.05, 0.1) is 0 Å². The van der Waals surface area contributed by atoms with E-state index in [1.165, 1.54) is 0 Å². The standard InChI is InChI=1S/CO2.H4Si/c2-1-3;/h;1H4. The smallest absolute Gasteiger partial charge is 0.186 e. The molecule has 0 saturated carbocycles. The number of rotatable bonds is 0. The Hall–Kier alpha value is -0.403. The molecule has 0 spiro atoms. The second-order valence-corrected chi connectivity index (χ2v) is 0.0833. The van der Waals surface area contributed by atoms with Crippen LogP contribution < -0.4 is 0 Å². The van der Waals surface area contributed by atoms with E-state index in [-0.39, 0.29) is 17.1 Å². The molecule has 3 heteroatoms. The van der Waals surface area contributed by atoms with Crippen LogP contribution in [0.5, 0.6) is 0 Å². The quantitative estimate of drug-likeness (QED) is 0.312. The van der Waals surface area contributed by atoms with E-state index in [0.717, 1.165) is 0 Å². The lowest BCUT2D eigenvalue weighted by Crippen LogP contribution is -1.22. The first-order chi connectivity index (χ1) is 1.41. The second-order valence-electron chi connectivity index (χ2n) is 0.0833. The Morgan fingerprint density at radius 3 is 1.25 bits per heavy atom. The number of hydrogen-bond donors (Lipinski definition) is 0. The minimum absolute atomic E-state index is 0. The zero-order valence-corrected chi connectivity index (χ0v) is 1.32. The van der Waals surface area contributed by atoms with Gasteiger partial charge in [0.25, 0.3) is 0 Å². The first-order valence-electron chi connectivity index (χ1n) is 0.408. The van der Waals surface area contributed by atoms with Crippen molar-refractivity contribution in [3.05, 3.63) is 0 Å². The van der Waals surface area contributed by atoms with Crippen LogP contribution in [0.2, 0.25) is 0 Å². The lowest BCUT2D eigenvalue weighted by atomic mass is 11.8. The molecule has 0 aromatic rings. The summed E-state index contributed by atoms with van der Waals surface area (Å²) in [5.41, 5.74) is 0. The molecule has 24 valence electrons. The highest BCUT2D eigenvalue weighted by Crippen LogP contribution is 0.787. The van der Waals surface area contributed by atoms with Gasteiger partial charge < -0.3 is 0 Å². The van der Waals surface area contributed by atoms with Gasteiger partial charge in [-0.1, -0.05) is 0 Å². The Balaban J connectivity index is 0. The topological polar surface area (TPSA) is 34.1 Å². The van der Waals surface area contributed by atoms with E-state index in [0.29, 0.717) is 0 Å². The summed E-state index contributed by atoms with van der Waals surface area (Å²) in [5, 5.41) is 0. The molecule has 0 heterocycles. The highest BCUT2D eigenvalue weighted by atomic mass is 28.1. The molecular weight excluding hydrogens is 72.1 g/mol. The van der Waals surface area contributed by atoms with Gasteiger partial charge in [0.1, 0.15) is 0 Å². The van der Waals surface area contributed by atoms with Crippen molar-refractivity contribution >= 4 is 17.1 Å². The summed E-state index contributed by atoms with van der Waals surface area (Å²) in [4.78, 5) is 16.2. The zero-order chi connectivity index (χ0) is 2.71. The van der Waals surface area contributed by atoms with E-state index in [1.54, 1.807) is 0 Å². The third kappa shape index (κ3) is 3.50. The number of carbonyl (C=O) groups excluding carboxylic acids is 2. The minimum Gasteiger partial charge on any atom is -0.186 e. The molecule has 0 saturated heterocycles. The fourth-order valence-corrected chi connectivity index (χ4v) is 0. The van der Waals surface area contributed by atoms with Crippen LogP contribution in [-0.2, 0) is 9.59 Å². The third-order valence-corrected chi connectivity index (χ3v) is 0. The summed E-state index contributed by atoms with van der Waals surface area (Å²) < 4.78 is 0. The Morgan fingerprint density at radius 1 is 1.25 bits per heavy atom. The van der Waals surface area contributed by atoms with E-state index < -0.39 is 0 Å². The van der Waals surface area contributed by atoms with Gasteiger partial charge in [0, 0.05) is 0 Å². The van der Waals surface area contributed by atoms with Crippen molar-refractivity contribution < 1.29 is 9.59 Å². The molecule has 0 aromatic heterocycles. The van der Waals surface area contributed by atoms with E-state index in [4.69, 9.17) is 9.59 Å². The zero-order valence-electron chi connectivity index (χ0n) is 1.32. The van der Waals surface area contributed by atoms with E-state index >= 15 is 0 Å². The fraction of sp³-hybridized carbons (Fsp3) is 0. The van der Waals surface area contributed by atoms with Gasteiger partial charge in [0.15, 0.2) is 0 Å². The number of hydrogen-bond acceptors (Lipinski definition) is 2. The maximum Gasteiger partial charge on any atom is 0.373 e. The van der Waals surface area contributed by atoms with Crippen molar-refractivity contribution in [2.45, 2.75) is 0 Å². The van der Waals surface area contributed by atoms with Gasteiger partial charge in [-0.05, 0) is 11.0 Å². The molecule has 0 radical (unpaired) electrons. The molecule has 4 heavy (non-hydrogen) atoms. The molecule has 0 aliphatic carbocycles. The van der Waals surface area contributed by atoms with Crippen LogP contribution in [-0.4, -0.2) is 17.1 Å². The SMILES string of the molecule is O=C=O.[SiH4]. The Labute approximate surface area is 27.8 Å². The van der Waals surface area contributed by atoms with E-state index in [2.05, 4.69) is 0 Å². The van der Waals surface area contributed by atoms with Crippen molar-refractivity contribution in [1.29, 1.82) is 0 Å². The largest absolute Gasteiger partial charge is 0.373 e. The van der Waals surface area contributed by atoms with Gasteiger partial charge in [0.2, 0.25) is 0 Å². The lowest BCUT2D eigenvalue weighted by Gasteiger charge is -0.945. The highest BCUT2D eigenvalue weighted by molar-refractivity contribution is 5.75. The molecule has 0 atom stereocenters. The summed E-state index contributed by atoms with van der Waals surface area (Å²) >= 11 is 0. The van der Waals surface area contributed by atoms with Crippen LogP contribution in [0.15, 0.2) is 0 Å². The summed E-state index contributed by atoms with van der Waals surface area (Å²) in [6.07, 6.45) is 0.250. The first-order valence-corrected chi connectivity index (χ1v) is 0.408. The van der Waals surface area contributed by atoms with Crippen LogP contribution in [0.25, 0.3) is 0 Å². The van der Waals surface area contributed by atoms with Crippen molar-refractivity contribution in [2.75, 3.05) is 0 Å². The monoisotopic (exact) mass is 76.0 g/mol. The Kier molecular flexibility index (Phi) is 44.2. The molecular formula is CH4O2Si. The van der Waals surface area contributed by atoms with Gasteiger partial charge in [-0.3, -0.25) is 0 Å². The van der Waals surface area contributed by atoms with E-state index in [9.17, 15) is 0 Å². The molecule has 0 aliphatic heterocycles. The second kappa shape index (κ2) is 18.6. The van der Waals surface area contributed by atoms with Crippen LogP contribution in [0.4, 0.5) is 0 Å². The maximum absolute atomic E-state index is 8.12. The molecule has 0 bridgehead atoms. The summed E-state index contributed by atoms with van der Waals surface area (Å²) in [5.74, 6) is 0. The van der Waals surface area contributed by atoms with Crippen molar-refractivity contribution in [3.8, 4) is 0 Å². The predicted molar refractivity (Wildman–Crippen MR) is 16.3 cm³/mol. The molecule has 0 aliphatic rings. The third-order valence-electron chi connectivity index (χ3n) is 0.